The van der Waals surface area contributed by atoms with Crippen molar-refractivity contribution in [2.75, 3.05) is 6.61 Å². The molecular formula is C13H23N3O. The molecule has 4 heteroatoms. The summed E-state index contributed by atoms with van der Waals surface area (Å²) in [6.07, 6.45) is 4.80. The fraction of sp³-hybridized carbons (Fsp3) is 0.769. The van der Waals surface area contributed by atoms with Gasteiger partial charge in [-0.25, -0.2) is 0 Å². The summed E-state index contributed by atoms with van der Waals surface area (Å²) in [5.74, 6) is 0. The Hall–Kier alpha value is -0.870. The lowest BCUT2D eigenvalue weighted by molar-refractivity contribution is -0.0103. The zero-order chi connectivity index (χ0) is 12.3. The highest BCUT2D eigenvalue weighted by molar-refractivity contribution is 5.00. The predicted octanol–water partition coefficient (Wildman–Crippen LogP) is 2.12. The van der Waals surface area contributed by atoms with Crippen LogP contribution in [0.15, 0.2) is 12.3 Å². The minimum absolute atomic E-state index is 0.440. The molecule has 1 aliphatic carbocycles. The molecule has 0 atom stereocenters. The number of nitrogens with zero attached hydrogens (tertiary/aromatic N) is 2. The van der Waals surface area contributed by atoms with Gasteiger partial charge in [-0.2, -0.15) is 5.10 Å². The molecule has 0 aromatic carbocycles. The Morgan fingerprint density at radius 3 is 2.88 bits per heavy atom. The van der Waals surface area contributed by atoms with Gasteiger partial charge in [-0.3, -0.25) is 4.68 Å². The van der Waals surface area contributed by atoms with E-state index in [4.69, 9.17) is 4.74 Å². The van der Waals surface area contributed by atoms with E-state index in [0.29, 0.717) is 18.2 Å². The smallest absolute Gasteiger partial charge is 0.0762 e. The summed E-state index contributed by atoms with van der Waals surface area (Å²) in [5, 5.41) is 8.04. The quantitative estimate of drug-likeness (QED) is 0.823. The molecule has 0 saturated heterocycles. The molecule has 1 N–H and O–H groups in total. The Balaban J connectivity index is 1.68. The maximum Gasteiger partial charge on any atom is 0.0762 e. The maximum absolute atomic E-state index is 5.54. The van der Waals surface area contributed by atoms with Gasteiger partial charge in [0.1, 0.15) is 0 Å². The first-order chi connectivity index (χ1) is 8.19. The third kappa shape index (κ3) is 3.30. The van der Waals surface area contributed by atoms with Crippen LogP contribution in [-0.2, 0) is 11.3 Å². The van der Waals surface area contributed by atoms with Crippen molar-refractivity contribution in [3.05, 3.63) is 18.0 Å². The van der Waals surface area contributed by atoms with Gasteiger partial charge in [0, 0.05) is 31.4 Å². The van der Waals surface area contributed by atoms with Crippen molar-refractivity contribution in [1.82, 2.24) is 15.1 Å². The first-order valence-electron chi connectivity index (χ1n) is 6.58. The van der Waals surface area contributed by atoms with Gasteiger partial charge in [-0.05, 0) is 39.7 Å². The molecule has 2 rings (SSSR count). The number of hydrogen-bond acceptors (Lipinski definition) is 3. The van der Waals surface area contributed by atoms with Crippen LogP contribution in [0.5, 0.6) is 0 Å². The summed E-state index contributed by atoms with van der Waals surface area (Å²) >= 11 is 0. The van der Waals surface area contributed by atoms with Gasteiger partial charge in [-0.15, -0.1) is 0 Å². The molecule has 4 nitrogen and oxygen atoms in total. The van der Waals surface area contributed by atoms with Crippen molar-refractivity contribution < 1.29 is 4.74 Å². The standard InChI is InChI=1S/C13H23N3O/c1-4-17-13-7-12(8-13)14-9-11-5-6-16(15-11)10(2)3/h5-6,10,12-14H,4,7-9H2,1-3H3. The summed E-state index contributed by atoms with van der Waals surface area (Å²) in [6.45, 7) is 8.03. The Labute approximate surface area is 103 Å². The number of rotatable bonds is 6. The highest BCUT2D eigenvalue weighted by Crippen LogP contribution is 2.23. The number of hydrogen-bond donors (Lipinski definition) is 1. The van der Waals surface area contributed by atoms with Crippen LogP contribution in [0.1, 0.15) is 45.3 Å². The van der Waals surface area contributed by atoms with Crippen LogP contribution < -0.4 is 5.32 Å². The van der Waals surface area contributed by atoms with E-state index < -0.39 is 0 Å². The van der Waals surface area contributed by atoms with Crippen molar-refractivity contribution in [2.24, 2.45) is 0 Å². The van der Waals surface area contributed by atoms with Crippen LogP contribution in [0.3, 0.4) is 0 Å². The van der Waals surface area contributed by atoms with Crippen LogP contribution in [0, 0.1) is 0 Å². The van der Waals surface area contributed by atoms with E-state index in [2.05, 4.69) is 37.3 Å². The summed E-state index contributed by atoms with van der Waals surface area (Å²) in [4.78, 5) is 0. The highest BCUT2D eigenvalue weighted by Gasteiger charge is 2.28. The summed E-state index contributed by atoms with van der Waals surface area (Å²) in [7, 11) is 0. The molecule has 1 fully saturated rings. The molecule has 0 spiro atoms. The second-order valence-corrected chi connectivity index (χ2v) is 5.01. The predicted molar refractivity (Wildman–Crippen MR) is 67.9 cm³/mol. The van der Waals surface area contributed by atoms with E-state index >= 15 is 0 Å². The molecule has 1 aliphatic rings. The van der Waals surface area contributed by atoms with Gasteiger partial charge < -0.3 is 10.1 Å². The largest absolute Gasteiger partial charge is 0.378 e. The van der Waals surface area contributed by atoms with E-state index in [1.807, 2.05) is 10.9 Å². The summed E-state index contributed by atoms with van der Waals surface area (Å²) < 4.78 is 7.54. The second kappa shape index (κ2) is 5.65. The molecule has 96 valence electrons. The third-order valence-corrected chi connectivity index (χ3v) is 3.26. The highest BCUT2D eigenvalue weighted by atomic mass is 16.5. The Morgan fingerprint density at radius 1 is 1.53 bits per heavy atom. The molecule has 1 aromatic heterocycles. The first-order valence-corrected chi connectivity index (χ1v) is 6.58. The zero-order valence-corrected chi connectivity index (χ0v) is 11.0. The Kier molecular flexibility index (Phi) is 4.18. The van der Waals surface area contributed by atoms with Gasteiger partial charge in [0.05, 0.1) is 11.8 Å². The first kappa shape index (κ1) is 12.6. The Bertz CT molecular complexity index is 342. The van der Waals surface area contributed by atoms with E-state index in [1.165, 1.54) is 0 Å². The normalized spacial score (nSPS) is 24.0. The lowest BCUT2D eigenvalue weighted by Gasteiger charge is -2.35. The minimum atomic E-state index is 0.440. The molecule has 1 saturated carbocycles. The van der Waals surface area contributed by atoms with Crippen molar-refractivity contribution in [1.29, 1.82) is 0 Å². The lowest BCUT2D eigenvalue weighted by Crippen LogP contribution is -2.45. The van der Waals surface area contributed by atoms with E-state index in [9.17, 15) is 0 Å². The summed E-state index contributed by atoms with van der Waals surface area (Å²) in [5.41, 5.74) is 1.12. The minimum Gasteiger partial charge on any atom is -0.378 e. The van der Waals surface area contributed by atoms with Crippen LogP contribution in [-0.4, -0.2) is 28.5 Å². The van der Waals surface area contributed by atoms with E-state index in [0.717, 1.165) is 31.7 Å². The molecular weight excluding hydrogens is 214 g/mol. The van der Waals surface area contributed by atoms with Crippen molar-refractivity contribution in [3.8, 4) is 0 Å². The van der Waals surface area contributed by atoms with Gasteiger partial charge in [-0.1, -0.05) is 0 Å². The molecule has 0 bridgehead atoms. The lowest BCUT2D eigenvalue weighted by atomic mass is 9.89. The van der Waals surface area contributed by atoms with Crippen LogP contribution in [0.2, 0.25) is 0 Å². The molecule has 0 unspecified atom stereocenters. The van der Waals surface area contributed by atoms with Crippen molar-refractivity contribution in [3.63, 3.8) is 0 Å². The van der Waals surface area contributed by atoms with Crippen molar-refractivity contribution in [2.45, 2.75) is 58.3 Å². The number of aromatic nitrogens is 2. The van der Waals surface area contributed by atoms with Gasteiger partial charge in [0.25, 0.3) is 0 Å². The van der Waals surface area contributed by atoms with Crippen molar-refractivity contribution >= 4 is 0 Å². The molecule has 0 amide bonds. The molecule has 0 radical (unpaired) electrons. The fourth-order valence-corrected chi connectivity index (χ4v) is 2.11. The molecule has 0 aliphatic heterocycles. The summed E-state index contributed by atoms with van der Waals surface area (Å²) in [6, 6.07) is 3.14. The SMILES string of the molecule is CCOC1CC(NCc2ccn(C(C)C)n2)C1. The zero-order valence-electron chi connectivity index (χ0n) is 11.0. The Morgan fingerprint density at radius 2 is 2.29 bits per heavy atom. The van der Waals surface area contributed by atoms with Gasteiger partial charge in [0.2, 0.25) is 0 Å². The monoisotopic (exact) mass is 237 g/mol. The van der Waals surface area contributed by atoms with E-state index in [1.54, 1.807) is 0 Å². The average Bonchev–Trinajstić information content (AvgIpc) is 2.70. The number of ether oxygens (including phenoxy) is 1. The second-order valence-electron chi connectivity index (χ2n) is 5.01. The molecule has 17 heavy (non-hydrogen) atoms. The van der Waals surface area contributed by atoms with Crippen LogP contribution in [0.4, 0.5) is 0 Å². The van der Waals surface area contributed by atoms with E-state index in [-0.39, 0.29) is 0 Å². The van der Waals surface area contributed by atoms with Crippen LogP contribution in [0.25, 0.3) is 0 Å². The van der Waals surface area contributed by atoms with Gasteiger partial charge in [0.15, 0.2) is 0 Å². The third-order valence-electron chi connectivity index (χ3n) is 3.26. The van der Waals surface area contributed by atoms with Crippen LogP contribution >= 0.6 is 0 Å². The molecule has 1 aromatic rings. The topological polar surface area (TPSA) is 39.1 Å². The molecule has 1 heterocycles. The average molecular weight is 237 g/mol. The maximum atomic E-state index is 5.54. The fourth-order valence-electron chi connectivity index (χ4n) is 2.11. The number of nitrogens with one attached hydrogen (secondary N) is 1. The van der Waals surface area contributed by atoms with Gasteiger partial charge >= 0.3 is 0 Å².